The zero-order valence-corrected chi connectivity index (χ0v) is 14.5. The summed E-state index contributed by atoms with van der Waals surface area (Å²) < 4.78 is 33.0. The number of nitrogens with one attached hydrogen (secondary N) is 1. The van der Waals surface area contributed by atoms with Gasteiger partial charge >= 0.3 is 10.4 Å². The molecule has 0 aliphatic carbocycles. The van der Waals surface area contributed by atoms with Crippen molar-refractivity contribution >= 4 is 16.3 Å². The molecule has 0 spiro atoms. The molecule has 0 aromatic rings. The van der Waals surface area contributed by atoms with Crippen LogP contribution >= 0.6 is 0 Å². The smallest absolute Gasteiger partial charge is 0.356 e. The predicted molar refractivity (Wildman–Crippen MR) is 87.0 cm³/mol. The Labute approximate surface area is 135 Å². The Morgan fingerprint density at radius 1 is 0.955 bits per heavy atom. The highest BCUT2D eigenvalue weighted by atomic mass is 32.3. The summed E-state index contributed by atoms with van der Waals surface area (Å²) in [5.74, 6) is -0.0187. The van der Waals surface area contributed by atoms with Crippen molar-refractivity contribution in [2.45, 2.75) is 77.6 Å². The summed E-state index contributed by atoms with van der Waals surface area (Å²) in [5, 5.41) is 2.70. The second-order valence-electron chi connectivity index (χ2n) is 5.53. The molecule has 0 aromatic carbocycles. The predicted octanol–water partition coefficient (Wildman–Crippen LogP) is 3.23. The van der Waals surface area contributed by atoms with Crippen molar-refractivity contribution in [2.24, 2.45) is 0 Å². The molecule has 1 amide bonds. The van der Waals surface area contributed by atoms with Crippen LogP contribution in [0.1, 0.15) is 77.6 Å². The molecule has 0 radical (unpaired) electrons. The van der Waals surface area contributed by atoms with Gasteiger partial charge in [0, 0.05) is 13.0 Å². The third-order valence-electron chi connectivity index (χ3n) is 3.38. The lowest BCUT2D eigenvalue weighted by Gasteiger charge is -2.05. The van der Waals surface area contributed by atoms with Crippen molar-refractivity contribution in [2.75, 3.05) is 13.2 Å². The van der Waals surface area contributed by atoms with E-state index in [0.29, 0.717) is 19.4 Å². The van der Waals surface area contributed by atoms with Gasteiger partial charge in [-0.3, -0.25) is 9.35 Å². The quantitative estimate of drug-likeness (QED) is 0.353. The molecular formula is C15H31NO5S. The van der Waals surface area contributed by atoms with Gasteiger partial charge in [0.1, 0.15) is 0 Å². The molecular weight excluding hydrogens is 306 g/mol. The molecule has 0 aromatic heterocycles. The van der Waals surface area contributed by atoms with Crippen LogP contribution in [0.3, 0.4) is 0 Å². The second-order valence-corrected chi connectivity index (χ2v) is 6.62. The molecule has 132 valence electrons. The highest BCUT2D eigenvalue weighted by Gasteiger charge is 2.04. The van der Waals surface area contributed by atoms with Gasteiger partial charge < -0.3 is 5.32 Å². The number of carbonyl (C=O) groups excluding carboxylic acids is 1. The fraction of sp³-hybridized carbons (Fsp3) is 0.933. The van der Waals surface area contributed by atoms with Crippen LogP contribution in [0.15, 0.2) is 0 Å². The first-order valence-corrected chi connectivity index (χ1v) is 9.70. The zero-order chi connectivity index (χ0) is 16.7. The fourth-order valence-corrected chi connectivity index (χ4v) is 2.48. The average molecular weight is 337 g/mol. The summed E-state index contributed by atoms with van der Waals surface area (Å²) in [5.41, 5.74) is 0. The Balaban J connectivity index is 3.26. The largest absolute Gasteiger partial charge is 0.397 e. The summed E-state index contributed by atoms with van der Waals surface area (Å²) in [6.45, 7) is 2.44. The maximum absolute atomic E-state index is 11.5. The highest BCUT2D eigenvalue weighted by Crippen LogP contribution is 2.10. The van der Waals surface area contributed by atoms with Gasteiger partial charge in [-0.05, 0) is 12.8 Å². The number of hydrogen-bond acceptors (Lipinski definition) is 4. The molecule has 0 atom stereocenters. The van der Waals surface area contributed by atoms with Crippen molar-refractivity contribution in [1.82, 2.24) is 5.32 Å². The molecule has 6 nitrogen and oxygen atoms in total. The summed E-state index contributed by atoms with van der Waals surface area (Å²) >= 11 is 0. The number of amides is 1. The summed E-state index contributed by atoms with van der Waals surface area (Å²) in [4.78, 5) is 11.5. The van der Waals surface area contributed by atoms with Crippen molar-refractivity contribution in [3.63, 3.8) is 0 Å². The Morgan fingerprint density at radius 3 is 2.05 bits per heavy atom. The van der Waals surface area contributed by atoms with Crippen LogP contribution in [0.5, 0.6) is 0 Å². The molecule has 0 saturated carbocycles. The lowest BCUT2D eigenvalue weighted by molar-refractivity contribution is -0.121. The van der Waals surface area contributed by atoms with Crippen LogP contribution in [0, 0.1) is 0 Å². The van der Waals surface area contributed by atoms with Gasteiger partial charge in [0.15, 0.2) is 0 Å². The molecule has 0 bridgehead atoms. The van der Waals surface area contributed by atoms with Crippen LogP contribution in [0.25, 0.3) is 0 Å². The molecule has 22 heavy (non-hydrogen) atoms. The fourth-order valence-electron chi connectivity index (χ4n) is 2.15. The van der Waals surface area contributed by atoms with Gasteiger partial charge in [0.05, 0.1) is 6.61 Å². The van der Waals surface area contributed by atoms with Gasteiger partial charge in [0.2, 0.25) is 5.91 Å². The molecule has 0 rings (SSSR count). The molecule has 0 heterocycles. The van der Waals surface area contributed by atoms with E-state index < -0.39 is 10.4 Å². The topological polar surface area (TPSA) is 92.7 Å². The van der Waals surface area contributed by atoms with E-state index in [1.54, 1.807) is 0 Å². The average Bonchev–Trinajstić information content (AvgIpc) is 2.44. The van der Waals surface area contributed by atoms with Crippen LogP contribution in [-0.4, -0.2) is 32.0 Å². The van der Waals surface area contributed by atoms with Gasteiger partial charge in [-0.2, -0.15) is 8.42 Å². The maximum atomic E-state index is 11.5. The van der Waals surface area contributed by atoms with Crippen LogP contribution in [0.2, 0.25) is 0 Å². The third-order valence-corrected chi connectivity index (χ3v) is 3.85. The van der Waals surface area contributed by atoms with Crippen molar-refractivity contribution in [1.29, 1.82) is 0 Å². The molecule has 0 aliphatic heterocycles. The van der Waals surface area contributed by atoms with Gasteiger partial charge in [-0.25, -0.2) is 4.18 Å². The molecule has 0 unspecified atom stereocenters. The number of carbonyl (C=O) groups is 1. The molecule has 0 saturated heterocycles. The minimum Gasteiger partial charge on any atom is -0.356 e. The SMILES string of the molecule is CCCCCCCCCCCC(=O)NCCCOS(=O)(=O)O. The molecule has 2 N–H and O–H groups in total. The normalized spacial score (nSPS) is 11.5. The van der Waals surface area contributed by atoms with Crippen LogP contribution in [0.4, 0.5) is 0 Å². The van der Waals surface area contributed by atoms with Gasteiger partial charge in [0.25, 0.3) is 0 Å². The first kappa shape index (κ1) is 21.3. The second kappa shape index (κ2) is 14.0. The summed E-state index contributed by atoms with van der Waals surface area (Å²) in [6, 6.07) is 0. The first-order chi connectivity index (χ1) is 10.5. The first-order valence-electron chi connectivity index (χ1n) is 8.34. The lowest BCUT2D eigenvalue weighted by atomic mass is 10.1. The van der Waals surface area contributed by atoms with Gasteiger partial charge in [-0.1, -0.05) is 58.3 Å². The maximum Gasteiger partial charge on any atom is 0.397 e. The van der Waals surface area contributed by atoms with E-state index in [-0.39, 0.29) is 12.5 Å². The standard InChI is InChI=1S/C15H31NO5S/c1-2-3-4-5-6-7-8-9-10-12-15(17)16-13-11-14-21-22(18,19)20/h2-14H2,1H3,(H,16,17)(H,18,19,20). The minimum absolute atomic E-state index is 0.0187. The summed E-state index contributed by atoms with van der Waals surface area (Å²) in [7, 11) is -4.37. The van der Waals surface area contributed by atoms with E-state index in [9.17, 15) is 13.2 Å². The molecule has 0 aliphatic rings. The third kappa shape index (κ3) is 17.4. The number of hydrogen-bond donors (Lipinski definition) is 2. The van der Waals surface area contributed by atoms with E-state index in [1.807, 2.05) is 0 Å². The number of unbranched alkanes of at least 4 members (excludes halogenated alkanes) is 8. The minimum atomic E-state index is -4.37. The van der Waals surface area contributed by atoms with E-state index in [1.165, 1.54) is 44.9 Å². The molecule has 7 heteroatoms. The van der Waals surface area contributed by atoms with Crippen molar-refractivity contribution in [3.05, 3.63) is 0 Å². The van der Waals surface area contributed by atoms with E-state index in [2.05, 4.69) is 16.4 Å². The Morgan fingerprint density at radius 2 is 1.50 bits per heavy atom. The zero-order valence-electron chi connectivity index (χ0n) is 13.7. The Bertz CT molecular complexity index is 370. The van der Waals surface area contributed by atoms with E-state index in [0.717, 1.165) is 12.8 Å². The molecule has 0 fully saturated rings. The van der Waals surface area contributed by atoms with E-state index >= 15 is 0 Å². The highest BCUT2D eigenvalue weighted by molar-refractivity contribution is 7.80. The monoisotopic (exact) mass is 337 g/mol. The Kier molecular flexibility index (Phi) is 13.5. The summed E-state index contributed by atoms with van der Waals surface area (Å²) in [6.07, 6.45) is 11.8. The Hall–Kier alpha value is -0.660. The lowest BCUT2D eigenvalue weighted by Crippen LogP contribution is -2.25. The number of rotatable bonds is 15. The van der Waals surface area contributed by atoms with Crippen LogP contribution < -0.4 is 5.32 Å². The van der Waals surface area contributed by atoms with Gasteiger partial charge in [-0.15, -0.1) is 0 Å². The van der Waals surface area contributed by atoms with Crippen molar-refractivity contribution in [3.8, 4) is 0 Å². The van der Waals surface area contributed by atoms with E-state index in [4.69, 9.17) is 4.55 Å². The van der Waals surface area contributed by atoms with Crippen LogP contribution in [-0.2, 0) is 19.4 Å². The van der Waals surface area contributed by atoms with Crippen molar-refractivity contribution < 1.29 is 21.9 Å².